The molecule has 0 heterocycles. The van der Waals surface area contributed by atoms with E-state index in [4.69, 9.17) is 15.2 Å². The summed E-state index contributed by atoms with van der Waals surface area (Å²) in [5, 5.41) is 13.2. The summed E-state index contributed by atoms with van der Waals surface area (Å²) in [5.74, 6) is 1.59. The molecule has 0 radical (unpaired) electrons. The van der Waals surface area contributed by atoms with Crippen molar-refractivity contribution in [2.75, 3.05) is 26.1 Å². The second kappa shape index (κ2) is 8.42. The number of nitrogens with zero attached hydrogens (tertiary/aromatic N) is 1. The summed E-state index contributed by atoms with van der Waals surface area (Å²) in [4.78, 5) is 4.24. The summed E-state index contributed by atoms with van der Waals surface area (Å²) in [5.41, 5.74) is 5.86. The summed E-state index contributed by atoms with van der Waals surface area (Å²) in [6.45, 7) is 0.318. The number of halogens is 1. The number of nitrogens with one attached hydrogen (secondary N) is 1. The Morgan fingerprint density at radius 3 is 2.59 bits per heavy atom. The summed E-state index contributed by atoms with van der Waals surface area (Å²) in [7, 11) is 3.18. The highest BCUT2D eigenvalue weighted by atomic mass is 127. The first-order valence-electron chi connectivity index (χ1n) is 7.08. The van der Waals surface area contributed by atoms with Crippen molar-refractivity contribution >= 4 is 35.6 Å². The van der Waals surface area contributed by atoms with Crippen LogP contribution in [0, 0.1) is 0 Å². The molecular weight excluding hydrogens is 397 g/mol. The van der Waals surface area contributed by atoms with Gasteiger partial charge in [-0.3, -0.25) is 4.99 Å². The first-order chi connectivity index (χ1) is 10.1. The van der Waals surface area contributed by atoms with Gasteiger partial charge in [-0.05, 0) is 25.0 Å². The number of benzene rings is 1. The van der Waals surface area contributed by atoms with Crippen LogP contribution in [0.4, 0.5) is 5.69 Å². The molecule has 1 aliphatic carbocycles. The smallest absolute Gasteiger partial charge is 0.193 e. The van der Waals surface area contributed by atoms with Gasteiger partial charge >= 0.3 is 0 Å². The van der Waals surface area contributed by atoms with Gasteiger partial charge in [0.05, 0.1) is 32.1 Å². The molecule has 1 aliphatic rings. The number of aliphatic hydroxyl groups is 1. The molecule has 6 nitrogen and oxygen atoms in total. The Balaban J connectivity index is 0.00000242. The molecule has 124 valence electrons. The number of guanidine groups is 1. The standard InChI is InChI=1S/C15H23N3O3.HI/c1-20-11-5-6-13(21-2)12(9-11)18-14(16)17-10-15(19)7-3-4-8-15;/h5-6,9,19H,3-4,7-8,10H2,1-2H3,(H3,16,17,18);1H. The maximum absolute atomic E-state index is 10.3. The molecule has 1 aromatic rings. The van der Waals surface area contributed by atoms with Crippen LogP contribution in [0.2, 0.25) is 0 Å². The fourth-order valence-corrected chi connectivity index (χ4v) is 2.51. The zero-order valence-corrected chi connectivity index (χ0v) is 15.3. The fraction of sp³-hybridized carbons (Fsp3) is 0.533. The minimum atomic E-state index is -0.704. The van der Waals surface area contributed by atoms with Gasteiger partial charge in [-0.2, -0.15) is 0 Å². The monoisotopic (exact) mass is 421 g/mol. The Hall–Kier alpha value is -1.22. The predicted octanol–water partition coefficient (Wildman–Crippen LogP) is 2.35. The quantitative estimate of drug-likeness (QED) is 0.386. The molecule has 0 amide bonds. The van der Waals surface area contributed by atoms with Gasteiger partial charge < -0.3 is 25.6 Å². The number of hydrogen-bond acceptors (Lipinski definition) is 4. The molecular formula is C15H24IN3O3. The zero-order valence-electron chi connectivity index (χ0n) is 13.0. The van der Waals surface area contributed by atoms with E-state index >= 15 is 0 Å². The highest BCUT2D eigenvalue weighted by Gasteiger charge is 2.30. The molecule has 22 heavy (non-hydrogen) atoms. The average molecular weight is 421 g/mol. The average Bonchev–Trinajstić information content (AvgIpc) is 2.92. The first-order valence-corrected chi connectivity index (χ1v) is 7.08. The van der Waals surface area contributed by atoms with Gasteiger partial charge in [-0.25, -0.2) is 0 Å². The molecule has 0 saturated heterocycles. The van der Waals surface area contributed by atoms with E-state index in [1.54, 1.807) is 32.4 Å². The van der Waals surface area contributed by atoms with Gasteiger partial charge in [0.15, 0.2) is 5.96 Å². The molecule has 0 spiro atoms. The third-order valence-corrected chi connectivity index (χ3v) is 3.75. The van der Waals surface area contributed by atoms with E-state index in [9.17, 15) is 5.11 Å². The van der Waals surface area contributed by atoms with Crippen LogP contribution in [0.3, 0.4) is 0 Å². The molecule has 0 aromatic heterocycles. The third kappa shape index (κ3) is 4.91. The van der Waals surface area contributed by atoms with Gasteiger partial charge in [0.25, 0.3) is 0 Å². The summed E-state index contributed by atoms with van der Waals surface area (Å²) < 4.78 is 10.4. The number of aliphatic imine (C=N–C) groups is 1. The van der Waals surface area contributed by atoms with E-state index in [0.717, 1.165) is 25.7 Å². The molecule has 0 atom stereocenters. The van der Waals surface area contributed by atoms with Crippen LogP contribution in [-0.2, 0) is 0 Å². The van der Waals surface area contributed by atoms with Crippen molar-refractivity contribution in [3.8, 4) is 11.5 Å². The minimum Gasteiger partial charge on any atom is -0.497 e. The largest absolute Gasteiger partial charge is 0.497 e. The Labute approximate surface area is 148 Å². The second-order valence-corrected chi connectivity index (χ2v) is 5.32. The van der Waals surface area contributed by atoms with Crippen LogP contribution in [0.25, 0.3) is 0 Å². The molecule has 0 bridgehead atoms. The Morgan fingerprint density at radius 1 is 1.32 bits per heavy atom. The van der Waals surface area contributed by atoms with Gasteiger partial charge in [0, 0.05) is 6.07 Å². The number of nitrogens with two attached hydrogens (primary N) is 1. The van der Waals surface area contributed by atoms with Crippen LogP contribution in [-0.4, -0.2) is 37.4 Å². The SMILES string of the molecule is COc1ccc(OC)c(NC(N)=NCC2(O)CCCC2)c1.I. The third-order valence-electron chi connectivity index (χ3n) is 3.75. The van der Waals surface area contributed by atoms with Crippen molar-refractivity contribution in [1.29, 1.82) is 0 Å². The lowest BCUT2D eigenvalue weighted by Crippen LogP contribution is -2.31. The minimum absolute atomic E-state index is 0. The van der Waals surface area contributed by atoms with Gasteiger partial charge in [-0.1, -0.05) is 12.8 Å². The van der Waals surface area contributed by atoms with E-state index in [1.165, 1.54) is 0 Å². The van der Waals surface area contributed by atoms with Crippen molar-refractivity contribution in [3.05, 3.63) is 18.2 Å². The van der Waals surface area contributed by atoms with Crippen molar-refractivity contribution < 1.29 is 14.6 Å². The van der Waals surface area contributed by atoms with E-state index in [2.05, 4.69) is 10.3 Å². The van der Waals surface area contributed by atoms with Crippen LogP contribution in [0.15, 0.2) is 23.2 Å². The van der Waals surface area contributed by atoms with Gasteiger partial charge in [-0.15, -0.1) is 24.0 Å². The molecule has 2 rings (SSSR count). The predicted molar refractivity (Wildman–Crippen MR) is 98.5 cm³/mol. The Kier molecular flexibility index (Phi) is 7.21. The normalized spacial score (nSPS) is 16.8. The van der Waals surface area contributed by atoms with Crippen LogP contribution < -0.4 is 20.5 Å². The molecule has 0 aliphatic heterocycles. The van der Waals surface area contributed by atoms with E-state index < -0.39 is 5.60 Å². The highest BCUT2D eigenvalue weighted by molar-refractivity contribution is 14.0. The lowest BCUT2D eigenvalue weighted by atomic mass is 10.0. The van der Waals surface area contributed by atoms with E-state index in [0.29, 0.717) is 23.7 Å². The maximum atomic E-state index is 10.3. The van der Waals surface area contributed by atoms with Crippen molar-refractivity contribution in [3.63, 3.8) is 0 Å². The molecule has 1 fully saturated rings. The van der Waals surface area contributed by atoms with Gasteiger partial charge in [0.2, 0.25) is 0 Å². The summed E-state index contributed by atoms with van der Waals surface area (Å²) >= 11 is 0. The Bertz CT molecular complexity index is 517. The van der Waals surface area contributed by atoms with Crippen molar-refractivity contribution in [2.45, 2.75) is 31.3 Å². The lowest BCUT2D eigenvalue weighted by molar-refractivity contribution is 0.0575. The topological polar surface area (TPSA) is 89.1 Å². The molecule has 1 saturated carbocycles. The zero-order chi connectivity index (χ0) is 15.3. The highest BCUT2D eigenvalue weighted by Crippen LogP contribution is 2.30. The van der Waals surface area contributed by atoms with Crippen LogP contribution in [0.5, 0.6) is 11.5 Å². The lowest BCUT2D eigenvalue weighted by Gasteiger charge is -2.19. The summed E-state index contributed by atoms with van der Waals surface area (Å²) in [6.07, 6.45) is 3.66. The van der Waals surface area contributed by atoms with Crippen molar-refractivity contribution in [2.24, 2.45) is 10.7 Å². The maximum Gasteiger partial charge on any atom is 0.193 e. The fourth-order valence-electron chi connectivity index (χ4n) is 2.51. The number of methoxy groups -OCH3 is 2. The molecule has 1 aromatic carbocycles. The van der Waals surface area contributed by atoms with E-state index in [1.807, 2.05) is 0 Å². The van der Waals surface area contributed by atoms with E-state index in [-0.39, 0.29) is 29.9 Å². The first kappa shape index (κ1) is 18.8. The van der Waals surface area contributed by atoms with Crippen molar-refractivity contribution in [1.82, 2.24) is 0 Å². The van der Waals surface area contributed by atoms with Crippen LogP contribution >= 0.6 is 24.0 Å². The van der Waals surface area contributed by atoms with Crippen LogP contribution in [0.1, 0.15) is 25.7 Å². The van der Waals surface area contributed by atoms with Gasteiger partial charge in [0.1, 0.15) is 11.5 Å². The number of ether oxygens (including phenoxy) is 2. The number of anilines is 1. The molecule has 7 heteroatoms. The number of hydrogen-bond donors (Lipinski definition) is 3. The molecule has 0 unspecified atom stereocenters. The summed E-state index contributed by atoms with van der Waals surface area (Å²) in [6, 6.07) is 5.38. The number of rotatable bonds is 5. The molecule has 4 N–H and O–H groups in total. The Morgan fingerprint density at radius 2 is 2.00 bits per heavy atom. The second-order valence-electron chi connectivity index (χ2n) is 5.32.